The van der Waals surface area contributed by atoms with Crippen LogP contribution in [-0.2, 0) is 15.4 Å². The molecule has 2 aromatic rings. The van der Waals surface area contributed by atoms with E-state index in [2.05, 4.69) is 21.2 Å². The lowest BCUT2D eigenvalue weighted by atomic mass is 9.84. The van der Waals surface area contributed by atoms with Gasteiger partial charge in [0.15, 0.2) is 0 Å². The molecule has 1 heterocycles. The molecule has 1 saturated heterocycles. The van der Waals surface area contributed by atoms with E-state index in [1.165, 1.54) is 16.4 Å². The normalized spacial score (nSPS) is 15.4. The van der Waals surface area contributed by atoms with E-state index in [4.69, 9.17) is 11.6 Å². The van der Waals surface area contributed by atoms with Crippen molar-refractivity contribution in [2.24, 2.45) is 0 Å². The molecule has 0 spiro atoms. The summed E-state index contributed by atoms with van der Waals surface area (Å²) in [6.45, 7) is 5.49. The lowest BCUT2D eigenvalue weighted by Crippen LogP contribution is -2.37. The fourth-order valence-corrected chi connectivity index (χ4v) is 5.41. The maximum Gasteiger partial charge on any atom is 0.252 e. The van der Waals surface area contributed by atoms with Crippen molar-refractivity contribution in [3.8, 4) is 0 Å². The average molecular weight is 500 g/mol. The zero-order valence-electron chi connectivity index (χ0n) is 16.4. The summed E-state index contributed by atoms with van der Waals surface area (Å²) in [5.74, 6) is -0.322. The highest BCUT2D eigenvalue weighted by Crippen LogP contribution is 2.27. The Hall–Kier alpha value is -1.41. The number of hydrogen-bond donors (Lipinski definition) is 1. The summed E-state index contributed by atoms with van der Waals surface area (Å²) in [4.78, 5) is 13.0. The van der Waals surface area contributed by atoms with Crippen molar-refractivity contribution >= 4 is 43.5 Å². The Kier molecular flexibility index (Phi) is 6.73. The molecule has 0 radical (unpaired) electrons. The Morgan fingerprint density at radius 2 is 1.76 bits per heavy atom. The van der Waals surface area contributed by atoms with Crippen LogP contribution in [0.1, 0.15) is 42.6 Å². The van der Waals surface area contributed by atoms with Crippen LogP contribution in [0.2, 0.25) is 5.02 Å². The first-order valence-corrected chi connectivity index (χ1v) is 12.1. The summed E-state index contributed by atoms with van der Waals surface area (Å²) in [5, 5.41) is 3.59. The number of carbonyl (C=O) groups excluding carboxylic acids is 1. The van der Waals surface area contributed by atoms with Gasteiger partial charge < -0.3 is 5.32 Å². The number of nitrogens with one attached hydrogen (secondary N) is 1. The Morgan fingerprint density at radius 3 is 2.38 bits per heavy atom. The predicted octanol–water partition coefficient (Wildman–Crippen LogP) is 4.59. The van der Waals surface area contributed by atoms with Crippen molar-refractivity contribution in [2.45, 2.75) is 37.0 Å². The standard InChI is InChI=1S/C21H24BrClN2O3S/c1-21(2,15-5-7-16(23)8-6-15)14-24-20(26)18-13-17(9-10-19(18)22)29(27,28)25-11-3-4-12-25/h5-10,13H,3-4,11-12,14H2,1-2H3,(H,24,26). The van der Waals surface area contributed by atoms with Crippen LogP contribution < -0.4 is 5.32 Å². The molecule has 1 N–H and O–H groups in total. The molecule has 5 nitrogen and oxygen atoms in total. The van der Waals surface area contributed by atoms with Crippen molar-refractivity contribution < 1.29 is 13.2 Å². The van der Waals surface area contributed by atoms with Gasteiger partial charge in [0.1, 0.15) is 0 Å². The summed E-state index contributed by atoms with van der Waals surface area (Å²) >= 11 is 9.33. The smallest absolute Gasteiger partial charge is 0.252 e. The van der Waals surface area contributed by atoms with Crippen LogP contribution in [0.3, 0.4) is 0 Å². The van der Waals surface area contributed by atoms with Crippen molar-refractivity contribution in [1.82, 2.24) is 9.62 Å². The summed E-state index contributed by atoms with van der Waals surface area (Å²) in [5.41, 5.74) is 1.04. The highest BCUT2D eigenvalue weighted by molar-refractivity contribution is 9.10. The number of halogens is 2. The maximum atomic E-state index is 12.8. The second-order valence-corrected chi connectivity index (χ2v) is 11.1. The minimum Gasteiger partial charge on any atom is -0.351 e. The van der Waals surface area contributed by atoms with E-state index >= 15 is 0 Å². The number of carbonyl (C=O) groups is 1. The summed E-state index contributed by atoms with van der Waals surface area (Å²) in [7, 11) is -3.58. The van der Waals surface area contributed by atoms with E-state index in [1.54, 1.807) is 6.07 Å². The molecule has 0 aromatic heterocycles. The van der Waals surface area contributed by atoms with Gasteiger partial charge in [-0.3, -0.25) is 4.79 Å². The highest BCUT2D eigenvalue weighted by atomic mass is 79.9. The second-order valence-electron chi connectivity index (χ2n) is 7.83. The van der Waals surface area contributed by atoms with Crippen molar-refractivity contribution in [3.05, 3.63) is 63.1 Å². The molecule has 2 aromatic carbocycles. The highest BCUT2D eigenvalue weighted by Gasteiger charge is 2.29. The van der Waals surface area contributed by atoms with Crippen LogP contribution in [-0.4, -0.2) is 38.3 Å². The Balaban J connectivity index is 1.77. The van der Waals surface area contributed by atoms with Crippen LogP contribution >= 0.6 is 27.5 Å². The molecule has 8 heteroatoms. The fraction of sp³-hybridized carbons (Fsp3) is 0.381. The van der Waals surface area contributed by atoms with Gasteiger partial charge in [0.2, 0.25) is 10.0 Å². The minimum atomic E-state index is -3.58. The van der Waals surface area contributed by atoms with Crippen LogP contribution in [0, 0.1) is 0 Å². The van der Waals surface area contributed by atoms with Gasteiger partial charge in [0, 0.05) is 34.5 Å². The first-order chi connectivity index (χ1) is 13.6. The molecule has 1 amide bonds. The Bertz CT molecular complexity index is 1000. The molecular formula is C21H24BrClN2O3S. The van der Waals surface area contributed by atoms with E-state index in [0.717, 1.165) is 18.4 Å². The van der Waals surface area contributed by atoms with Gasteiger partial charge in [-0.2, -0.15) is 4.31 Å². The fourth-order valence-electron chi connectivity index (χ4n) is 3.32. The first-order valence-electron chi connectivity index (χ1n) is 9.45. The Morgan fingerprint density at radius 1 is 1.14 bits per heavy atom. The molecule has 0 saturated carbocycles. The number of amides is 1. The van der Waals surface area contributed by atoms with E-state index < -0.39 is 10.0 Å². The zero-order valence-corrected chi connectivity index (χ0v) is 19.6. The molecule has 1 aliphatic rings. The SMILES string of the molecule is CC(C)(CNC(=O)c1cc(S(=O)(=O)N2CCCC2)ccc1Br)c1ccc(Cl)cc1. The minimum absolute atomic E-state index is 0.143. The van der Waals surface area contributed by atoms with Gasteiger partial charge in [-0.15, -0.1) is 0 Å². The van der Waals surface area contributed by atoms with Gasteiger partial charge in [0.05, 0.1) is 10.5 Å². The van der Waals surface area contributed by atoms with E-state index in [1.807, 2.05) is 38.1 Å². The van der Waals surface area contributed by atoms with Gasteiger partial charge in [-0.05, 0) is 64.7 Å². The lowest BCUT2D eigenvalue weighted by Gasteiger charge is -2.26. The number of hydrogen-bond acceptors (Lipinski definition) is 3. The maximum absolute atomic E-state index is 12.8. The molecule has 0 aliphatic carbocycles. The molecule has 1 aliphatic heterocycles. The van der Waals surface area contributed by atoms with Crippen molar-refractivity contribution in [1.29, 1.82) is 0 Å². The van der Waals surface area contributed by atoms with Gasteiger partial charge >= 0.3 is 0 Å². The molecule has 0 unspecified atom stereocenters. The van der Waals surface area contributed by atoms with Gasteiger partial charge in [-0.1, -0.05) is 37.6 Å². The van der Waals surface area contributed by atoms with E-state index in [0.29, 0.717) is 34.7 Å². The van der Waals surface area contributed by atoms with Gasteiger partial charge in [-0.25, -0.2) is 8.42 Å². The number of sulfonamides is 1. The molecule has 0 atom stereocenters. The summed E-state index contributed by atoms with van der Waals surface area (Å²) in [6, 6.07) is 12.1. The molecule has 1 fully saturated rings. The average Bonchev–Trinajstić information content (AvgIpc) is 3.22. The zero-order chi connectivity index (χ0) is 21.2. The second kappa shape index (κ2) is 8.76. The van der Waals surface area contributed by atoms with E-state index in [9.17, 15) is 13.2 Å². The quantitative estimate of drug-likeness (QED) is 0.632. The predicted molar refractivity (Wildman–Crippen MR) is 119 cm³/mol. The topological polar surface area (TPSA) is 66.5 Å². The molecule has 3 rings (SSSR count). The Labute approximate surface area is 185 Å². The monoisotopic (exact) mass is 498 g/mol. The molecule has 29 heavy (non-hydrogen) atoms. The lowest BCUT2D eigenvalue weighted by molar-refractivity contribution is 0.0944. The third kappa shape index (κ3) is 5.02. The summed E-state index contributed by atoms with van der Waals surface area (Å²) in [6.07, 6.45) is 1.73. The number of benzene rings is 2. The molecular weight excluding hydrogens is 476 g/mol. The van der Waals surface area contributed by atoms with Gasteiger partial charge in [0.25, 0.3) is 5.91 Å². The van der Waals surface area contributed by atoms with Crippen molar-refractivity contribution in [2.75, 3.05) is 19.6 Å². The van der Waals surface area contributed by atoms with Crippen LogP contribution in [0.25, 0.3) is 0 Å². The first kappa shape index (κ1) is 22.3. The van der Waals surface area contributed by atoms with E-state index in [-0.39, 0.29) is 16.2 Å². The molecule has 156 valence electrons. The van der Waals surface area contributed by atoms with Crippen LogP contribution in [0.5, 0.6) is 0 Å². The van der Waals surface area contributed by atoms with Crippen LogP contribution in [0.4, 0.5) is 0 Å². The molecule has 0 bridgehead atoms. The number of rotatable bonds is 6. The van der Waals surface area contributed by atoms with Crippen molar-refractivity contribution in [3.63, 3.8) is 0 Å². The largest absolute Gasteiger partial charge is 0.351 e. The number of nitrogens with zero attached hydrogens (tertiary/aromatic N) is 1. The third-order valence-electron chi connectivity index (χ3n) is 5.20. The summed E-state index contributed by atoms with van der Waals surface area (Å²) < 4.78 is 27.7. The van der Waals surface area contributed by atoms with Crippen LogP contribution in [0.15, 0.2) is 51.8 Å². The third-order valence-corrected chi connectivity index (χ3v) is 8.04.